The number of hydrogen-bond donors (Lipinski definition) is 1. The minimum absolute atomic E-state index is 0.120. The van der Waals surface area contributed by atoms with E-state index in [1.165, 1.54) is 0 Å². The first kappa shape index (κ1) is 23.4. The first-order valence-corrected chi connectivity index (χ1v) is 12.5. The van der Waals surface area contributed by atoms with E-state index in [2.05, 4.69) is 65.6 Å². The summed E-state index contributed by atoms with van der Waals surface area (Å²) < 4.78 is 4.26. The van der Waals surface area contributed by atoms with E-state index in [-0.39, 0.29) is 5.91 Å². The highest BCUT2D eigenvalue weighted by Gasteiger charge is 2.23. The molecule has 0 aliphatic carbocycles. The van der Waals surface area contributed by atoms with Gasteiger partial charge < -0.3 is 19.4 Å². The topological polar surface area (TPSA) is 65.8 Å². The summed E-state index contributed by atoms with van der Waals surface area (Å²) in [7, 11) is 0. The molecule has 6 nitrogen and oxygen atoms in total. The van der Waals surface area contributed by atoms with Crippen molar-refractivity contribution in [2.24, 2.45) is 0 Å². The van der Waals surface area contributed by atoms with Crippen molar-refractivity contribution in [3.05, 3.63) is 45.3 Å². The highest BCUT2D eigenvalue weighted by molar-refractivity contribution is 9.10. The number of halogens is 2. The Kier molecular flexibility index (Phi) is 7.66. The Labute approximate surface area is 204 Å². The number of piperazine rings is 1. The Bertz CT molecular complexity index is 1060. The van der Waals surface area contributed by atoms with Gasteiger partial charge in [0.1, 0.15) is 6.29 Å². The van der Waals surface area contributed by atoms with Gasteiger partial charge in [0.25, 0.3) is 0 Å². The average Bonchev–Trinajstić information content (AvgIpc) is 3.06. The number of fused-ring (bicyclic) bond motifs is 3. The second kappa shape index (κ2) is 10.5. The van der Waals surface area contributed by atoms with Crippen LogP contribution in [0.15, 0.2) is 45.3 Å². The monoisotopic (exact) mass is 563 g/mol. The standard InChI is InChI=1S/C24H27Br2N3O3/c25-17-4-6-22-20(13-17)21-14-18(26)5-7-23(21)29(22)16-19(31)15-27-8-10-28(11-9-27)24(32)3-1-2-12-30/h4-7,12-14,19,31H,1-3,8-11,15-16H2. The molecule has 1 amide bonds. The van der Waals surface area contributed by atoms with Gasteiger partial charge in [-0.1, -0.05) is 31.9 Å². The van der Waals surface area contributed by atoms with E-state index in [1.807, 2.05) is 17.0 Å². The maximum absolute atomic E-state index is 12.2. The zero-order valence-corrected chi connectivity index (χ0v) is 21.0. The normalized spacial score (nSPS) is 16.0. The van der Waals surface area contributed by atoms with Gasteiger partial charge >= 0.3 is 0 Å². The van der Waals surface area contributed by atoms with Crippen LogP contribution in [-0.2, 0) is 16.1 Å². The molecule has 0 saturated carbocycles. The molecule has 1 N–H and O–H groups in total. The lowest BCUT2D eigenvalue weighted by Gasteiger charge is -2.35. The maximum Gasteiger partial charge on any atom is 0.222 e. The van der Waals surface area contributed by atoms with Gasteiger partial charge in [0.2, 0.25) is 5.91 Å². The lowest BCUT2D eigenvalue weighted by Crippen LogP contribution is -2.50. The van der Waals surface area contributed by atoms with Crippen LogP contribution in [0.1, 0.15) is 19.3 Å². The SMILES string of the molecule is O=CCCCC(=O)N1CCN(CC(O)Cn2c3ccc(Br)cc3c3cc(Br)ccc32)CC1. The van der Waals surface area contributed by atoms with Gasteiger partial charge in [0.05, 0.1) is 12.6 Å². The van der Waals surface area contributed by atoms with Crippen LogP contribution in [0.4, 0.5) is 0 Å². The first-order chi connectivity index (χ1) is 15.5. The number of rotatable bonds is 8. The first-order valence-electron chi connectivity index (χ1n) is 10.9. The summed E-state index contributed by atoms with van der Waals surface area (Å²) in [6.45, 7) is 3.93. The molecule has 170 valence electrons. The lowest BCUT2D eigenvalue weighted by atomic mass is 10.2. The largest absolute Gasteiger partial charge is 0.390 e. The molecule has 1 atom stereocenters. The van der Waals surface area contributed by atoms with Crippen molar-refractivity contribution in [3.63, 3.8) is 0 Å². The summed E-state index contributed by atoms with van der Waals surface area (Å²) in [4.78, 5) is 26.8. The number of carbonyl (C=O) groups is 2. The Morgan fingerprint density at radius 3 is 2.12 bits per heavy atom. The van der Waals surface area contributed by atoms with E-state index in [4.69, 9.17) is 0 Å². The van der Waals surface area contributed by atoms with Gasteiger partial charge in [0.15, 0.2) is 0 Å². The number of aromatic nitrogens is 1. The number of hydrogen-bond acceptors (Lipinski definition) is 4. The zero-order valence-electron chi connectivity index (χ0n) is 17.8. The van der Waals surface area contributed by atoms with Crippen LogP contribution in [0.25, 0.3) is 21.8 Å². The summed E-state index contributed by atoms with van der Waals surface area (Å²) in [6.07, 6.45) is 1.83. The number of unbranched alkanes of at least 4 members (excludes halogenated alkanes) is 1. The summed E-state index contributed by atoms with van der Waals surface area (Å²) in [5, 5.41) is 13.2. The fourth-order valence-electron chi connectivity index (χ4n) is 4.49. The molecule has 8 heteroatoms. The zero-order chi connectivity index (χ0) is 22.7. The Hall–Kier alpha value is -1.74. The van der Waals surface area contributed by atoms with Gasteiger partial charge in [-0.2, -0.15) is 0 Å². The molecule has 2 heterocycles. The van der Waals surface area contributed by atoms with E-state index in [1.54, 1.807) is 0 Å². The van der Waals surface area contributed by atoms with Crippen LogP contribution in [0.3, 0.4) is 0 Å². The second-order valence-electron chi connectivity index (χ2n) is 8.33. The molecule has 1 unspecified atom stereocenters. The lowest BCUT2D eigenvalue weighted by molar-refractivity contribution is -0.133. The maximum atomic E-state index is 12.2. The molecule has 4 rings (SSSR count). The summed E-state index contributed by atoms with van der Waals surface area (Å²) in [5.74, 6) is 0.120. The minimum atomic E-state index is -0.518. The Morgan fingerprint density at radius 1 is 0.969 bits per heavy atom. The minimum Gasteiger partial charge on any atom is -0.390 e. The fourth-order valence-corrected chi connectivity index (χ4v) is 5.21. The molecule has 0 spiro atoms. The average molecular weight is 565 g/mol. The van der Waals surface area contributed by atoms with Crippen LogP contribution in [-0.4, -0.2) is 70.5 Å². The third-order valence-electron chi connectivity index (χ3n) is 6.09. The van der Waals surface area contributed by atoms with Crippen molar-refractivity contribution in [1.29, 1.82) is 0 Å². The van der Waals surface area contributed by atoms with Gasteiger partial charge in [-0.3, -0.25) is 9.69 Å². The number of aliphatic hydroxyl groups is 1. The third-order valence-corrected chi connectivity index (χ3v) is 7.08. The van der Waals surface area contributed by atoms with Gasteiger partial charge in [-0.25, -0.2) is 0 Å². The molecule has 2 aromatic carbocycles. The molecular weight excluding hydrogens is 538 g/mol. The summed E-state index contributed by atoms with van der Waals surface area (Å²) in [6, 6.07) is 12.5. The summed E-state index contributed by atoms with van der Waals surface area (Å²) in [5.41, 5.74) is 2.21. The number of benzene rings is 2. The van der Waals surface area contributed by atoms with Crippen molar-refractivity contribution in [1.82, 2.24) is 14.4 Å². The van der Waals surface area contributed by atoms with E-state index >= 15 is 0 Å². The molecule has 1 aliphatic rings. The number of β-amino-alcohol motifs (C(OH)–C–C–N with tert-alkyl or cyclic N) is 1. The van der Waals surface area contributed by atoms with Crippen molar-refractivity contribution in [2.45, 2.75) is 31.9 Å². The molecule has 32 heavy (non-hydrogen) atoms. The highest BCUT2D eigenvalue weighted by atomic mass is 79.9. The van der Waals surface area contributed by atoms with Gasteiger partial charge in [-0.15, -0.1) is 0 Å². The highest BCUT2D eigenvalue weighted by Crippen LogP contribution is 2.33. The quantitative estimate of drug-likeness (QED) is 0.329. The van der Waals surface area contributed by atoms with Crippen LogP contribution in [0.2, 0.25) is 0 Å². The molecule has 0 bridgehead atoms. The molecule has 1 aliphatic heterocycles. The Balaban J connectivity index is 1.41. The fraction of sp³-hybridized carbons (Fsp3) is 0.417. The van der Waals surface area contributed by atoms with Crippen LogP contribution in [0.5, 0.6) is 0 Å². The van der Waals surface area contributed by atoms with Gasteiger partial charge in [0, 0.05) is 76.3 Å². The van der Waals surface area contributed by atoms with E-state index in [9.17, 15) is 14.7 Å². The van der Waals surface area contributed by atoms with Crippen molar-refractivity contribution < 1.29 is 14.7 Å². The number of amides is 1. The Morgan fingerprint density at radius 2 is 1.56 bits per heavy atom. The third kappa shape index (κ3) is 5.25. The smallest absolute Gasteiger partial charge is 0.222 e. The van der Waals surface area contributed by atoms with Gasteiger partial charge in [-0.05, 0) is 42.8 Å². The van der Waals surface area contributed by atoms with E-state index < -0.39 is 6.10 Å². The molecule has 3 aromatic rings. The molecule has 1 fully saturated rings. The van der Waals surface area contributed by atoms with Crippen molar-refractivity contribution >= 4 is 65.9 Å². The molecule has 1 aromatic heterocycles. The van der Waals surface area contributed by atoms with Crippen molar-refractivity contribution in [2.75, 3.05) is 32.7 Å². The predicted octanol–water partition coefficient (Wildman–Crippen LogP) is 4.19. The summed E-state index contributed by atoms with van der Waals surface area (Å²) >= 11 is 7.15. The van der Waals surface area contributed by atoms with Crippen molar-refractivity contribution in [3.8, 4) is 0 Å². The van der Waals surface area contributed by atoms with Crippen LogP contribution < -0.4 is 0 Å². The second-order valence-corrected chi connectivity index (χ2v) is 10.2. The molecule has 0 radical (unpaired) electrons. The van der Waals surface area contributed by atoms with Crippen LogP contribution in [0, 0.1) is 0 Å². The van der Waals surface area contributed by atoms with Crippen LogP contribution >= 0.6 is 31.9 Å². The predicted molar refractivity (Wildman–Crippen MR) is 134 cm³/mol. The number of nitrogens with zero attached hydrogens (tertiary/aromatic N) is 3. The number of aldehydes is 1. The van der Waals surface area contributed by atoms with E-state index in [0.717, 1.165) is 50.1 Å². The van der Waals surface area contributed by atoms with E-state index in [0.29, 0.717) is 45.4 Å². The molecule has 1 saturated heterocycles. The molecular formula is C24H27Br2N3O3. The number of aliphatic hydroxyl groups excluding tert-OH is 1. The number of carbonyl (C=O) groups excluding carboxylic acids is 2.